The molecular formula is C25H26ClN3O. The van der Waals surface area contributed by atoms with Gasteiger partial charge in [-0.2, -0.15) is 0 Å². The third kappa shape index (κ3) is 4.84. The summed E-state index contributed by atoms with van der Waals surface area (Å²) in [5.74, 6) is 0. The zero-order valence-corrected chi connectivity index (χ0v) is 17.6. The minimum absolute atomic E-state index is 0.0772. The topological polar surface area (TPSA) is 53.2 Å². The maximum Gasteiger partial charge on any atom is 0.319 e. The van der Waals surface area contributed by atoms with Crippen molar-refractivity contribution in [1.82, 2.24) is 10.6 Å². The van der Waals surface area contributed by atoms with Gasteiger partial charge < -0.3 is 16.0 Å². The van der Waals surface area contributed by atoms with Crippen LogP contribution in [0.2, 0.25) is 5.02 Å². The van der Waals surface area contributed by atoms with E-state index < -0.39 is 0 Å². The molecular weight excluding hydrogens is 394 g/mol. The van der Waals surface area contributed by atoms with Crippen molar-refractivity contribution in [3.63, 3.8) is 0 Å². The summed E-state index contributed by atoms with van der Waals surface area (Å²) < 4.78 is 0. The van der Waals surface area contributed by atoms with E-state index in [1.807, 2.05) is 48.5 Å². The molecule has 1 heterocycles. The maximum atomic E-state index is 12.4. The Morgan fingerprint density at radius 2 is 1.63 bits per heavy atom. The van der Waals surface area contributed by atoms with Gasteiger partial charge in [0.25, 0.3) is 0 Å². The fraction of sp³-hybridized carbons (Fsp3) is 0.240. The molecule has 3 N–H and O–H groups in total. The minimum Gasteiger partial charge on any atom is -0.337 e. The molecule has 0 saturated carbocycles. The minimum atomic E-state index is -0.172. The van der Waals surface area contributed by atoms with Crippen molar-refractivity contribution in [2.75, 3.05) is 25.0 Å². The van der Waals surface area contributed by atoms with Crippen molar-refractivity contribution in [2.24, 2.45) is 0 Å². The highest BCUT2D eigenvalue weighted by atomic mass is 35.5. The number of nitrogens with one attached hydrogen (secondary N) is 3. The van der Waals surface area contributed by atoms with Gasteiger partial charge in [0.2, 0.25) is 0 Å². The molecule has 0 bridgehead atoms. The number of carbonyl (C=O) groups is 1. The first-order valence-electron chi connectivity index (χ1n) is 10.3. The van der Waals surface area contributed by atoms with Crippen LogP contribution in [-0.2, 0) is 5.41 Å². The van der Waals surface area contributed by atoms with Crippen LogP contribution in [0.1, 0.15) is 18.4 Å². The Morgan fingerprint density at radius 3 is 2.33 bits per heavy atom. The second-order valence-electron chi connectivity index (χ2n) is 7.79. The van der Waals surface area contributed by atoms with Crippen LogP contribution in [-0.4, -0.2) is 25.7 Å². The Balaban J connectivity index is 1.49. The molecule has 1 fully saturated rings. The molecule has 0 radical (unpaired) electrons. The number of urea groups is 1. The van der Waals surface area contributed by atoms with Crippen LogP contribution < -0.4 is 16.0 Å². The van der Waals surface area contributed by atoms with E-state index in [-0.39, 0.29) is 11.4 Å². The largest absolute Gasteiger partial charge is 0.337 e. The number of carbonyl (C=O) groups excluding carboxylic acids is 1. The zero-order chi connectivity index (χ0) is 20.8. The third-order valence-electron chi connectivity index (χ3n) is 5.83. The SMILES string of the molecule is O=C(NCC1(c2ccc(-c3cccc(Cl)c3)cc2)CCNCC1)Nc1ccccc1. The van der Waals surface area contributed by atoms with Crippen molar-refractivity contribution in [2.45, 2.75) is 18.3 Å². The Kier molecular flexibility index (Phi) is 6.36. The molecule has 0 aliphatic carbocycles. The average molecular weight is 420 g/mol. The highest BCUT2D eigenvalue weighted by Crippen LogP contribution is 2.34. The standard InChI is InChI=1S/C25H26ClN3O/c26-22-6-4-5-20(17-22)19-9-11-21(12-10-19)25(13-15-27-16-14-25)18-28-24(30)29-23-7-2-1-3-8-23/h1-12,17,27H,13-16,18H2,(H2,28,29,30). The molecule has 3 aromatic rings. The van der Waals surface area contributed by atoms with Gasteiger partial charge >= 0.3 is 6.03 Å². The summed E-state index contributed by atoms with van der Waals surface area (Å²) in [5.41, 5.74) is 4.22. The third-order valence-corrected chi connectivity index (χ3v) is 6.07. The summed E-state index contributed by atoms with van der Waals surface area (Å²) in [4.78, 5) is 12.4. The molecule has 3 aromatic carbocycles. The molecule has 4 nitrogen and oxygen atoms in total. The molecule has 0 aromatic heterocycles. The second kappa shape index (κ2) is 9.33. The lowest BCUT2D eigenvalue weighted by Crippen LogP contribution is -2.48. The van der Waals surface area contributed by atoms with Gasteiger partial charge in [0.15, 0.2) is 0 Å². The van der Waals surface area contributed by atoms with Gasteiger partial charge in [0, 0.05) is 22.7 Å². The second-order valence-corrected chi connectivity index (χ2v) is 8.23. The molecule has 0 spiro atoms. The van der Waals surface area contributed by atoms with Crippen LogP contribution in [0.3, 0.4) is 0 Å². The Morgan fingerprint density at radius 1 is 0.900 bits per heavy atom. The lowest BCUT2D eigenvalue weighted by Gasteiger charge is -2.38. The summed E-state index contributed by atoms with van der Waals surface area (Å²) >= 11 is 6.15. The lowest BCUT2D eigenvalue weighted by molar-refractivity contribution is 0.242. The van der Waals surface area contributed by atoms with Crippen LogP contribution in [0.25, 0.3) is 11.1 Å². The molecule has 0 unspecified atom stereocenters. The number of hydrogen-bond acceptors (Lipinski definition) is 2. The van der Waals surface area contributed by atoms with Crippen molar-refractivity contribution >= 4 is 23.3 Å². The number of hydrogen-bond donors (Lipinski definition) is 3. The van der Waals surface area contributed by atoms with Crippen LogP contribution in [0.5, 0.6) is 0 Å². The number of halogens is 1. The molecule has 1 aliphatic heterocycles. The van der Waals surface area contributed by atoms with E-state index in [4.69, 9.17) is 11.6 Å². The van der Waals surface area contributed by atoms with Crippen LogP contribution in [0.4, 0.5) is 10.5 Å². The maximum absolute atomic E-state index is 12.4. The van der Waals surface area contributed by atoms with Gasteiger partial charge in [0.05, 0.1) is 0 Å². The first-order valence-corrected chi connectivity index (χ1v) is 10.7. The number of para-hydroxylation sites is 1. The number of anilines is 1. The van der Waals surface area contributed by atoms with E-state index in [1.165, 1.54) is 5.56 Å². The molecule has 1 aliphatic rings. The predicted octanol–water partition coefficient (Wildman–Crippen LogP) is 5.45. The molecule has 154 valence electrons. The fourth-order valence-corrected chi connectivity index (χ4v) is 4.29. The monoisotopic (exact) mass is 419 g/mol. The molecule has 2 amide bonds. The normalized spacial score (nSPS) is 15.4. The molecule has 0 atom stereocenters. The number of piperidine rings is 1. The van der Waals surface area contributed by atoms with Gasteiger partial charge in [-0.1, -0.05) is 66.2 Å². The first-order chi connectivity index (χ1) is 14.6. The Labute approximate surface area is 182 Å². The molecule has 1 saturated heterocycles. The van der Waals surface area contributed by atoms with Crippen LogP contribution in [0, 0.1) is 0 Å². The van der Waals surface area contributed by atoms with Gasteiger partial charge in [-0.25, -0.2) is 4.79 Å². The van der Waals surface area contributed by atoms with Crippen LogP contribution >= 0.6 is 11.6 Å². The Bertz CT molecular complexity index is 983. The highest BCUT2D eigenvalue weighted by molar-refractivity contribution is 6.30. The zero-order valence-electron chi connectivity index (χ0n) is 16.8. The van der Waals surface area contributed by atoms with Gasteiger partial charge in [-0.3, -0.25) is 0 Å². The summed E-state index contributed by atoms with van der Waals surface area (Å²) in [7, 11) is 0. The van der Waals surface area contributed by atoms with Gasteiger partial charge in [0.1, 0.15) is 0 Å². The van der Waals surface area contributed by atoms with E-state index in [0.717, 1.165) is 47.8 Å². The number of amides is 2. The molecule has 5 heteroatoms. The quantitative estimate of drug-likeness (QED) is 0.515. The van der Waals surface area contributed by atoms with Gasteiger partial charge in [-0.05, 0) is 66.9 Å². The van der Waals surface area contributed by atoms with Crippen molar-refractivity contribution in [3.8, 4) is 11.1 Å². The number of benzene rings is 3. The van der Waals surface area contributed by atoms with Gasteiger partial charge in [-0.15, -0.1) is 0 Å². The Hall–Kier alpha value is -2.82. The number of rotatable bonds is 5. The van der Waals surface area contributed by atoms with E-state index in [0.29, 0.717) is 6.54 Å². The summed E-state index contributed by atoms with van der Waals surface area (Å²) in [6.45, 7) is 2.49. The van der Waals surface area contributed by atoms with E-state index in [1.54, 1.807) is 0 Å². The lowest BCUT2D eigenvalue weighted by atomic mass is 9.73. The smallest absolute Gasteiger partial charge is 0.319 e. The van der Waals surface area contributed by atoms with Crippen molar-refractivity contribution in [1.29, 1.82) is 0 Å². The summed E-state index contributed by atoms with van der Waals surface area (Å²) in [6.07, 6.45) is 1.96. The fourth-order valence-electron chi connectivity index (χ4n) is 4.10. The predicted molar refractivity (Wildman–Crippen MR) is 124 cm³/mol. The molecule has 30 heavy (non-hydrogen) atoms. The average Bonchev–Trinajstić information content (AvgIpc) is 2.79. The van der Waals surface area contributed by atoms with Crippen molar-refractivity contribution < 1.29 is 4.79 Å². The van der Waals surface area contributed by atoms with Crippen LogP contribution in [0.15, 0.2) is 78.9 Å². The summed E-state index contributed by atoms with van der Waals surface area (Å²) in [5, 5.41) is 10.2. The highest BCUT2D eigenvalue weighted by Gasteiger charge is 2.34. The first kappa shape index (κ1) is 20.5. The van der Waals surface area contributed by atoms with E-state index in [2.05, 4.69) is 46.3 Å². The molecule has 4 rings (SSSR count). The summed E-state index contributed by atoms with van der Waals surface area (Å²) in [6, 6.07) is 25.9. The van der Waals surface area contributed by atoms with E-state index in [9.17, 15) is 4.79 Å². The van der Waals surface area contributed by atoms with Crippen molar-refractivity contribution in [3.05, 3.63) is 89.4 Å². The van der Waals surface area contributed by atoms with E-state index >= 15 is 0 Å².